The molecule has 1 unspecified atom stereocenters. The van der Waals surface area contributed by atoms with E-state index in [9.17, 15) is 9.18 Å². The lowest BCUT2D eigenvalue weighted by molar-refractivity contribution is -0.125. The molecule has 2 aliphatic heterocycles. The van der Waals surface area contributed by atoms with Crippen molar-refractivity contribution >= 4 is 5.91 Å². The van der Waals surface area contributed by atoms with Crippen LogP contribution < -0.4 is 9.47 Å². The summed E-state index contributed by atoms with van der Waals surface area (Å²) >= 11 is 0. The number of likely N-dealkylation sites (tertiary alicyclic amines) is 1. The molecular formula is C24H29FN2O4. The molecule has 3 heterocycles. The van der Waals surface area contributed by atoms with Gasteiger partial charge in [0.25, 0.3) is 5.91 Å². The third-order valence-electron chi connectivity index (χ3n) is 6.38. The standard InChI is InChI=1S/C24H29FN2O4/c1-29-22-5-4-19(15-21(22)25)23(28)27-11-8-24(9-12-27)16-18(7-14-31-24)6-13-30-20-3-2-10-26-17-20/h2-5,10,15,17-18H,6-9,11-14,16H2,1H3. The molecule has 2 fully saturated rings. The molecule has 1 atom stereocenters. The van der Waals surface area contributed by atoms with Crippen LogP contribution in [0.15, 0.2) is 42.7 Å². The van der Waals surface area contributed by atoms with E-state index in [1.54, 1.807) is 23.4 Å². The number of nitrogens with zero attached hydrogens (tertiary/aromatic N) is 2. The van der Waals surface area contributed by atoms with Gasteiger partial charge in [0.2, 0.25) is 0 Å². The molecular weight excluding hydrogens is 399 g/mol. The molecule has 0 bridgehead atoms. The van der Waals surface area contributed by atoms with E-state index in [-0.39, 0.29) is 17.3 Å². The quantitative estimate of drug-likeness (QED) is 0.693. The van der Waals surface area contributed by atoms with Gasteiger partial charge >= 0.3 is 0 Å². The molecule has 0 aliphatic carbocycles. The molecule has 7 heteroatoms. The number of methoxy groups -OCH3 is 1. The summed E-state index contributed by atoms with van der Waals surface area (Å²) in [5.41, 5.74) is 0.184. The number of rotatable bonds is 6. The normalized spacial score (nSPS) is 20.5. The second-order valence-electron chi connectivity index (χ2n) is 8.36. The predicted octanol–water partition coefficient (Wildman–Crippen LogP) is 4.10. The zero-order valence-electron chi connectivity index (χ0n) is 17.9. The molecule has 2 aromatic rings. The fraction of sp³-hybridized carbons (Fsp3) is 0.500. The minimum absolute atomic E-state index is 0.142. The summed E-state index contributed by atoms with van der Waals surface area (Å²) in [6.07, 6.45) is 8.07. The van der Waals surface area contributed by atoms with Crippen molar-refractivity contribution in [3.05, 3.63) is 54.1 Å². The van der Waals surface area contributed by atoms with E-state index >= 15 is 0 Å². The Morgan fingerprint density at radius 3 is 2.87 bits per heavy atom. The summed E-state index contributed by atoms with van der Waals surface area (Å²) in [4.78, 5) is 18.7. The van der Waals surface area contributed by atoms with Gasteiger partial charge in [0, 0.05) is 31.5 Å². The first-order valence-electron chi connectivity index (χ1n) is 10.9. The SMILES string of the molecule is COc1ccc(C(=O)N2CCC3(CC2)CC(CCOc2cccnc2)CCO3)cc1F. The molecule has 6 nitrogen and oxygen atoms in total. The Kier molecular flexibility index (Phi) is 6.70. The Bertz CT molecular complexity index is 884. The average Bonchev–Trinajstić information content (AvgIpc) is 2.80. The zero-order valence-corrected chi connectivity index (χ0v) is 17.9. The third kappa shape index (κ3) is 5.15. The van der Waals surface area contributed by atoms with E-state index in [1.165, 1.54) is 19.2 Å². The summed E-state index contributed by atoms with van der Waals surface area (Å²) in [6.45, 7) is 2.64. The minimum atomic E-state index is -0.520. The van der Waals surface area contributed by atoms with Gasteiger partial charge in [-0.3, -0.25) is 9.78 Å². The molecule has 166 valence electrons. The largest absolute Gasteiger partial charge is 0.494 e. The third-order valence-corrected chi connectivity index (χ3v) is 6.38. The zero-order chi connectivity index (χ0) is 21.7. The Morgan fingerprint density at radius 2 is 2.16 bits per heavy atom. The average molecular weight is 429 g/mol. The van der Waals surface area contributed by atoms with E-state index in [4.69, 9.17) is 14.2 Å². The molecule has 1 spiro atoms. The number of halogens is 1. The summed E-state index contributed by atoms with van der Waals surface area (Å²) in [5, 5.41) is 0. The first-order chi connectivity index (χ1) is 15.1. The van der Waals surface area contributed by atoms with Crippen LogP contribution in [0.25, 0.3) is 0 Å². The highest BCUT2D eigenvalue weighted by atomic mass is 19.1. The molecule has 2 aliphatic rings. The number of benzene rings is 1. The van der Waals surface area contributed by atoms with Gasteiger partial charge in [0.05, 0.1) is 25.5 Å². The van der Waals surface area contributed by atoms with E-state index < -0.39 is 5.82 Å². The van der Waals surface area contributed by atoms with Crippen molar-refractivity contribution in [2.75, 3.05) is 33.4 Å². The van der Waals surface area contributed by atoms with Gasteiger partial charge in [0.1, 0.15) is 5.75 Å². The highest BCUT2D eigenvalue weighted by molar-refractivity contribution is 5.94. The summed E-state index contributed by atoms with van der Waals surface area (Å²) in [6, 6.07) is 8.15. The van der Waals surface area contributed by atoms with Crippen molar-refractivity contribution < 1.29 is 23.4 Å². The molecule has 1 aromatic carbocycles. The molecule has 0 radical (unpaired) electrons. The Hall–Kier alpha value is -2.67. The van der Waals surface area contributed by atoms with Crippen LogP contribution in [-0.2, 0) is 4.74 Å². The fourth-order valence-electron chi connectivity index (χ4n) is 4.60. The van der Waals surface area contributed by atoms with Crippen molar-refractivity contribution in [3.8, 4) is 11.5 Å². The smallest absolute Gasteiger partial charge is 0.253 e. The maximum Gasteiger partial charge on any atom is 0.253 e. The van der Waals surface area contributed by atoms with Gasteiger partial charge in [-0.2, -0.15) is 0 Å². The number of pyridine rings is 1. The summed E-state index contributed by atoms with van der Waals surface area (Å²) < 4.78 is 31.0. The topological polar surface area (TPSA) is 60.9 Å². The predicted molar refractivity (Wildman–Crippen MR) is 114 cm³/mol. The van der Waals surface area contributed by atoms with Crippen LogP contribution >= 0.6 is 0 Å². The second kappa shape index (κ2) is 9.64. The Labute approximate surface area is 182 Å². The van der Waals surface area contributed by atoms with Gasteiger partial charge in [-0.05, 0) is 68.4 Å². The van der Waals surface area contributed by atoms with Crippen molar-refractivity contribution in [3.63, 3.8) is 0 Å². The van der Waals surface area contributed by atoms with Gasteiger partial charge in [-0.15, -0.1) is 0 Å². The fourth-order valence-corrected chi connectivity index (χ4v) is 4.60. The highest BCUT2D eigenvalue weighted by Crippen LogP contribution is 2.39. The maximum atomic E-state index is 14.0. The Morgan fingerprint density at radius 1 is 1.32 bits per heavy atom. The van der Waals surface area contributed by atoms with E-state index in [2.05, 4.69) is 4.98 Å². The molecule has 31 heavy (non-hydrogen) atoms. The number of hydrogen-bond donors (Lipinski definition) is 0. The maximum absolute atomic E-state index is 14.0. The molecule has 4 rings (SSSR count). The molecule has 2 saturated heterocycles. The van der Waals surface area contributed by atoms with Crippen LogP contribution in [0.2, 0.25) is 0 Å². The van der Waals surface area contributed by atoms with Crippen molar-refractivity contribution in [2.24, 2.45) is 5.92 Å². The number of hydrogen-bond acceptors (Lipinski definition) is 5. The molecule has 1 aromatic heterocycles. The number of carbonyl (C=O) groups excluding carboxylic acids is 1. The number of aromatic nitrogens is 1. The number of ether oxygens (including phenoxy) is 3. The Balaban J connectivity index is 1.28. The second-order valence-corrected chi connectivity index (χ2v) is 8.36. The first-order valence-corrected chi connectivity index (χ1v) is 10.9. The van der Waals surface area contributed by atoms with Gasteiger partial charge < -0.3 is 19.1 Å². The van der Waals surface area contributed by atoms with E-state index in [0.717, 1.165) is 44.5 Å². The van der Waals surface area contributed by atoms with Crippen molar-refractivity contribution in [1.82, 2.24) is 9.88 Å². The highest BCUT2D eigenvalue weighted by Gasteiger charge is 2.41. The summed E-state index contributed by atoms with van der Waals surface area (Å²) in [7, 11) is 1.41. The number of amides is 1. The van der Waals surface area contributed by atoms with Crippen LogP contribution in [0.1, 0.15) is 42.5 Å². The van der Waals surface area contributed by atoms with Crippen LogP contribution in [0, 0.1) is 11.7 Å². The van der Waals surface area contributed by atoms with E-state index in [0.29, 0.717) is 31.2 Å². The van der Waals surface area contributed by atoms with E-state index in [1.807, 2.05) is 12.1 Å². The van der Waals surface area contributed by atoms with Gasteiger partial charge in [0.15, 0.2) is 11.6 Å². The van der Waals surface area contributed by atoms with Gasteiger partial charge in [-0.25, -0.2) is 4.39 Å². The van der Waals surface area contributed by atoms with Crippen molar-refractivity contribution in [1.29, 1.82) is 0 Å². The van der Waals surface area contributed by atoms with Crippen LogP contribution in [-0.4, -0.2) is 54.8 Å². The lowest BCUT2D eigenvalue weighted by Crippen LogP contribution is -2.50. The van der Waals surface area contributed by atoms with Gasteiger partial charge in [-0.1, -0.05) is 0 Å². The molecule has 0 saturated carbocycles. The monoisotopic (exact) mass is 428 g/mol. The molecule has 0 N–H and O–H groups in total. The van der Waals surface area contributed by atoms with Crippen molar-refractivity contribution in [2.45, 2.75) is 37.7 Å². The minimum Gasteiger partial charge on any atom is -0.494 e. The molecule has 1 amide bonds. The van der Waals surface area contributed by atoms with Crippen LogP contribution in [0.3, 0.4) is 0 Å². The van der Waals surface area contributed by atoms with Crippen LogP contribution in [0.5, 0.6) is 11.5 Å². The number of piperidine rings is 1. The summed E-state index contributed by atoms with van der Waals surface area (Å²) in [5.74, 6) is 0.820. The first kappa shape index (κ1) is 21.6. The lowest BCUT2D eigenvalue weighted by Gasteiger charge is -2.46. The number of carbonyl (C=O) groups is 1. The lowest BCUT2D eigenvalue weighted by atomic mass is 9.78. The van der Waals surface area contributed by atoms with Crippen LogP contribution in [0.4, 0.5) is 4.39 Å².